The van der Waals surface area contributed by atoms with Gasteiger partial charge in [-0.25, -0.2) is 0 Å². The van der Waals surface area contributed by atoms with Crippen molar-refractivity contribution in [2.75, 3.05) is 19.6 Å². The van der Waals surface area contributed by atoms with Gasteiger partial charge in [0, 0.05) is 18.6 Å². The van der Waals surface area contributed by atoms with E-state index >= 15 is 0 Å². The van der Waals surface area contributed by atoms with Crippen molar-refractivity contribution in [3.63, 3.8) is 0 Å². The number of carbonyl (C=O) groups excluding carboxylic acids is 1. The Hall–Kier alpha value is -0.820. The molecule has 17 heavy (non-hydrogen) atoms. The van der Waals surface area contributed by atoms with E-state index in [0.29, 0.717) is 6.54 Å². The van der Waals surface area contributed by atoms with Crippen molar-refractivity contribution in [2.24, 2.45) is 5.73 Å². The van der Waals surface area contributed by atoms with Crippen molar-refractivity contribution in [2.45, 2.75) is 38.0 Å². The van der Waals surface area contributed by atoms with Crippen LogP contribution in [0.15, 0.2) is 0 Å². The van der Waals surface area contributed by atoms with Gasteiger partial charge in [0.2, 0.25) is 5.91 Å². The molecular weight excluding hydrogens is 235 g/mol. The average Bonchev–Trinajstić information content (AvgIpc) is 2.18. The van der Waals surface area contributed by atoms with Crippen LogP contribution in [0.5, 0.6) is 0 Å². The Labute approximate surface area is 98.3 Å². The molecule has 0 radical (unpaired) electrons. The van der Waals surface area contributed by atoms with E-state index in [4.69, 9.17) is 5.73 Å². The monoisotopic (exact) mass is 253 g/mol. The van der Waals surface area contributed by atoms with Crippen LogP contribution in [0.3, 0.4) is 0 Å². The predicted molar refractivity (Wildman–Crippen MR) is 57.3 cm³/mol. The highest BCUT2D eigenvalue weighted by atomic mass is 19.4. The van der Waals surface area contributed by atoms with Crippen molar-refractivity contribution >= 4 is 5.91 Å². The van der Waals surface area contributed by atoms with Crippen LogP contribution in [0.2, 0.25) is 0 Å². The van der Waals surface area contributed by atoms with Crippen LogP contribution < -0.4 is 11.1 Å². The second-order valence-electron chi connectivity index (χ2n) is 4.50. The van der Waals surface area contributed by atoms with Gasteiger partial charge in [0.25, 0.3) is 0 Å². The molecule has 1 aliphatic heterocycles. The third-order valence-corrected chi connectivity index (χ3v) is 2.89. The van der Waals surface area contributed by atoms with Crippen molar-refractivity contribution in [1.29, 1.82) is 0 Å². The van der Waals surface area contributed by atoms with Crippen molar-refractivity contribution in [3.8, 4) is 0 Å². The zero-order chi connectivity index (χ0) is 13.1. The Balaban J connectivity index is 2.31. The molecular formula is C10H18F3N3O. The molecule has 0 aromatic carbocycles. The molecule has 0 aromatic rings. The zero-order valence-corrected chi connectivity index (χ0v) is 9.76. The first-order chi connectivity index (χ1) is 7.78. The lowest BCUT2D eigenvalue weighted by Gasteiger charge is -2.35. The molecule has 7 heteroatoms. The average molecular weight is 253 g/mol. The summed E-state index contributed by atoms with van der Waals surface area (Å²) in [5, 5.41) is 1.86. The summed E-state index contributed by atoms with van der Waals surface area (Å²) in [5.74, 6) is -0.593. The lowest BCUT2D eigenvalue weighted by Crippen LogP contribution is -2.50. The Morgan fingerprint density at radius 2 is 2.18 bits per heavy atom. The summed E-state index contributed by atoms with van der Waals surface area (Å²) in [7, 11) is 0. The van der Waals surface area contributed by atoms with Gasteiger partial charge in [-0.1, -0.05) is 0 Å². The molecule has 1 amide bonds. The van der Waals surface area contributed by atoms with Crippen LogP contribution in [0, 0.1) is 0 Å². The number of nitrogens with one attached hydrogen (secondary N) is 1. The second kappa shape index (κ2) is 5.68. The highest BCUT2D eigenvalue weighted by molar-refractivity contribution is 5.78. The van der Waals surface area contributed by atoms with Gasteiger partial charge in [-0.15, -0.1) is 0 Å². The standard InChI is InChI=1S/C10H18F3N3O/c1-7-4-8(14)2-3-16(7)5-9(17)15-6-10(11,12)13/h7-8H,2-6,14H2,1H3,(H,15,17). The SMILES string of the molecule is CC1CC(N)CCN1CC(=O)NCC(F)(F)F. The number of halogens is 3. The number of rotatable bonds is 3. The summed E-state index contributed by atoms with van der Waals surface area (Å²) in [5.41, 5.74) is 5.76. The third kappa shape index (κ3) is 5.36. The van der Waals surface area contributed by atoms with E-state index in [-0.39, 0.29) is 18.6 Å². The highest BCUT2D eigenvalue weighted by Crippen LogP contribution is 2.15. The fourth-order valence-corrected chi connectivity index (χ4v) is 1.93. The van der Waals surface area contributed by atoms with E-state index in [1.807, 2.05) is 17.1 Å². The van der Waals surface area contributed by atoms with Crippen molar-refractivity contribution in [3.05, 3.63) is 0 Å². The summed E-state index contributed by atoms with van der Waals surface area (Å²) in [6.07, 6.45) is -2.81. The minimum Gasteiger partial charge on any atom is -0.346 e. The van der Waals surface area contributed by atoms with E-state index in [2.05, 4.69) is 0 Å². The number of hydrogen-bond acceptors (Lipinski definition) is 3. The number of alkyl halides is 3. The molecule has 2 unspecified atom stereocenters. The van der Waals surface area contributed by atoms with Gasteiger partial charge in [-0.05, 0) is 19.8 Å². The van der Waals surface area contributed by atoms with Crippen LogP contribution in [-0.2, 0) is 4.79 Å². The molecule has 0 saturated carbocycles. The smallest absolute Gasteiger partial charge is 0.346 e. The minimum absolute atomic E-state index is 0.00394. The quantitative estimate of drug-likeness (QED) is 0.769. The van der Waals surface area contributed by atoms with Gasteiger partial charge in [0.05, 0.1) is 6.54 Å². The number of piperidine rings is 1. The Bertz CT molecular complexity index is 270. The molecule has 1 saturated heterocycles. The highest BCUT2D eigenvalue weighted by Gasteiger charge is 2.29. The lowest BCUT2D eigenvalue weighted by atomic mass is 9.99. The van der Waals surface area contributed by atoms with Crippen LogP contribution in [-0.4, -0.2) is 48.7 Å². The minimum atomic E-state index is -4.36. The summed E-state index contributed by atoms with van der Waals surface area (Å²) in [4.78, 5) is 13.2. The molecule has 0 spiro atoms. The molecule has 0 aliphatic carbocycles. The number of likely N-dealkylation sites (tertiary alicyclic amines) is 1. The third-order valence-electron chi connectivity index (χ3n) is 2.89. The number of carbonyl (C=O) groups is 1. The Kier molecular flexibility index (Phi) is 4.76. The molecule has 0 aromatic heterocycles. The Morgan fingerprint density at radius 1 is 1.53 bits per heavy atom. The van der Waals surface area contributed by atoms with E-state index in [1.165, 1.54) is 0 Å². The number of hydrogen-bond donors (Lipinski definition) is 2. The molecule has 3 N–H and O–H groups in total. The van der Waals surface area contributed by atoms with Crippen LogP contribution >= 0.6 is 0 Å². The lowest BCUT2D eigenvalue weighted by molar-refractivity contribution is -0.139. The largest absolute Gasteiger partial charge is 0.405 e. The number of nitrogens with two attached hydrogens (primary N) is 1. The Morgan fingerprint density at radius 3 is 2.71 bits per heavy atom. The van der Waals surface area contributed by atoms with Gasteiger partial charge in [0.15, 0.2) is 0 Å². The normalized spacial score (nSPS) is 26.9. The maximum absolute atomic E-state index is 11.9. The van der Waals surface area contributed by atoms with Crippen LogP contribution in [0.1, 0.15) is 19.8 Å². The molecule has 1 fully saturated rings. The molecule has 2 atom stereocenters. The van der Waals surface area contributed by atoms with Gasteiger partial charge in [0.1, 0.15) is 6.54 Å². The molecule has 4 nitrogen and oxygen atoms in total. The fraction of sp³-hybridized carbons (Fsp3) is 0.900. The number of amides is 1. The summed E-state index contributed by atoms with van der Waals surface area (Å²) >= 11 is 0. The number of nitrogens with zero attached hydrogens (tertiary/aromatic N) is 1. The van der Waals surface area contributed by atoms with Crippen LogP contribution in [0.25, 0.3) is 0 Å². The molecule has 0 bridgehead atoms. The molecule has 1 aliphatic rings. The first kappa shape index (κ1) is 14.2. The van der Waals surface area contributed by atoms with Gasteiger partial charge >= 0.3 is 6.18 Å². The summed E-state index contributed by atoms with van der Waals surface area (Å²) in [6.45, 7) is 1.31. The van der Waals surface area contributed by atoms with Crippen molar-refractivity contribution in [1.82, 2.24) is 10.2 Å². The molecule has 100 valence electrons. The van der Waals surface area contributed by atoms with E-state index in [0.717, 1.165) is 12.8 Å². The summed E-state index contributed by atoms with van der Waals surface area (Å²) < 4.78 is 35.6. The van der Waals surface area contributed by atoms with E-state index < -0.39 is 18.6 Å². The zero-order valence-electron chi connectivity index (χ0n) is 9.76. The van der Waals surface area contributed by atoms with Gasteiger partial charge < -0.3 is 11.1 Å². The maximum Gasteiger partial charge on any atom is 0.405 e. The predicted octanol–water partition coefficient (Wildman–Crippen LogP) is 0.476. The topological polar surface area (TPSA) is 58.4 Å². The first-order valence-corrected chi connectivity index (χ1v) is 5.61. The summed E-state index contributed by atoms with van der Waals surface area (Å²) in [6, 6.07) is 0.259. The van der Waals surface area contributed by atoms with E-state index in [1.54, 1.807) is 0 Å². The maximum atomic E-state index is 11.9. The molecule has 1 heterocycles. The molecule has 1 rings (SSSR count). The van der Waals surface area contributed by atoms with Gasteiger partial charge in [-0.2, -0.15) is 13.2 Å². The van der Waals surface area contributed by atoms with Crippen molar-refractivity contribution < 1.29 is 18.0 Å². The first-order valence-electron chi connectivity index (χ1n) is 5.61. The van der Waals surface area contributed by atoms with Crippen LogP contribution in [0.4, 0.5) is 13.2 Å². The fourth-order valence-electron chi connectivity index (χ4n) is 1.93. The van der Waals surface area contributed by atoms with Gasteiger partial charge in [-0.3, -0.25) is 9.69 Å². The second-order valence-corrected chi connectivity index (χ2v) is 4.50. The van der Waals surface area contributed by atoms with E-state index in [9.17, 15) is 18.0 Å².